The third-order valence-corrected chi connectivity index (χ3v) is 1.74. The summed E-state index contributed by atoms with van der Waals surface area (Å²) in [5.74, 6) is 0. The van der Waals surface area contributed by atoms with Crippen molar-refractivity contribution in [1.82, 2.24) is 14.7 Å². The summed E-state index contributed by atoms with van der Waals surface area (Å²) in [4.78, 5) is 1.49. The average molecular weight is 140 g/mol. The number of fused-ring (bicyclic) bond motifs is 1. The van der Waals surface area contributed by atoms with Crippen molar-refractivity contribution in [3.63, 3.8) is 0 Å². The summed E-state index contributed by atoms with van der Waals surface area (Å²) in [5, 5.41) is 4.08. The van der Waals surface area contributed by atoms with Gasteiger partial charge in [-0.3, -0.25) is 9.58 Å². The van der Waals surface area contributed by atoms with Crippen molar-refractivity contribution in [1.29, 1.82) is 0 Å². The van der Waals surface area contributed by atoms with Crippen LogP contribution in [0.25, 0.3) is 0 Å². The molecule has 1 aromatic rings. The molecule has 0 atom stereocenters. The minimum absolute atomic E-state index is 0.469. The first-order valence-electron chi connectivity index (χ1n) is 4.83. The van der Waals surface area contributed by atoms with Crippen molar-refractivity contribution >= 4 is 0 Å². The van der Waals surface area contributed by atoms with Gasteiger partial charge in [0.2, 0.25) is 0 Å². The number of hydrogen-bond donors (Lipinski definition) is 0. The summed E-state index contributed by atoms with van der Waals surface area (Å²) in [5.41, 5.74) is 0.974. The summed E-state index contributed by atoms with van der Waals surface area (Å²) in [7, 11) is 0. The molecule has 0 saturated heterocycles. The second kappa shape index (κ2) is 2.09. The standard InChI is InChI=1S/C7H11N3/c1-9-4-5-10-7(6-9)2-3-8-10/h2-3H,4-6H2,1H3/i1D3. The first kappa shape index (κ1) is 3.53. The first-order valence-corrected chi connectivity index (χ1v) is 3.33. The molecule has 10 heavy (non-hydrogen) atoms. The van der Waals surface area contributed by atoms with Gasteiger partial charge in [-0.1, -0.05) is 0 Å². The van der Waals surface area contributed by atoms with Gasteiger partial charge in [-0.25, -0.2) is 0 Å². The van der Waals surface area contributed by atoms with E-state index in [1.165, 1.54) is 4.90 Å². The zero-order valence-electron chi connectivity index (χ0n) is 8.62. The molecule has 2 heterocycles. The van der Waals surface area contributed by atoms with Crippen LogP contribution in [0, 0.1) is 0 Å². The SMILES string of the molecule is [2H]C([2H])([2H])N1CCn2nccc2C1. The van der Waals surface area contributed by atoms with E-state index in [0.29, 0.717) is 19.6 Å². The van der Waals surface area contributed by atoms with Crippen LogP contribution in [0.5, 0.6) is 0 Å². The maximum absolute atomic E-state index is 7.25. The maximum Gasteiger partial charge on any atom is 0.0540 e. The van der Waals surface area contributed by atoms with E-state index in [9.17, 15) is 0 Å². The molecular formula is C7H11N3. The summed E-state index contributed by atoms with van der Waals surface area (Å²) >= 11 is 0. The molecule has 0 spiro atoms. The zero-order valence-corrected chi connectivity index (χ0v) is 5.62. The fourth-order valence-corrected chi connectivity index (χ4v) is 1.19. The van der Waals surface area contributed by atoms with Crippen LogP contribution >= 0.6 is 0 Å². The summed E-state index contributed by atoms with van der Waals surface area (Å²) in [6, 6.07) is 1.86. The summed E-state index contributed by atoms with van der Waals surface area (Å²) in [6.45, 7) is -0.294. The third kappa shape index (κ3) is 0.827. The van der Waals surface area contributed by atoms with E-state index in [1.54, 1.807) is 6.20 Å². The van der Waals surface area contributed by atoms with Gasteiger partial charge in [0.05, 0.1) is 12.2 Å². The minimum Gasteiger partial charge on any atom is -0.299 e. The quantitative estimate of drug-likeness (QED) is 0.518. The van der Waals surface area contributed by atoms with Gasteiger partial charge in [-0.2, -0.15) is 5.10 Å². The Bertz CT molecular complexity index is 304. The van der Waals surface area contributed by atoms with Gasteiger partial charge in [0, 0.05) is 23.4 Å². The highest BCUT2D eigenvalue weighted by atomic mass is 15.3. The second-order valence-electron chi connectivity index (χ2n) is 2.47. The summed E-state index contributed by atoms with van der Waals surface area (Å²) in [6.07, 6.45) is 1.71. The van der Waals surface area contributed by atoms with Gasteiger partial charge in [-0.15, -0.1) is 0 Å². The molecule has 3 heteroatoms. The maximum atomic E-state index is 7.25. The van der Waals surface area contributed by atoms with Crippen molar-refractivity contribution in [2.75, 3.05) is 13.5 Å². The lowest BCUT2D eigenvalue weighted by molar-refractivity contribution is 0.259. The molecule has 1 aromatic heterocycles. The smallest absolute Gasteiger partial charge is 0.0540 e. The van der Waals surface area contributed by atoms with E-state index in [-0.39, 0.29) is 0 Å². The lowest BCUT2D eigenvalue weighted by atomic mass is 10.3. The zero-order chi connectivity index (χ0) is 9.47. The van der Waals surface area contributed by atoms with Crippen molar-refractivity contribution < 1.29 is 4.11 Å². The van der Waals surface area contributed by atoms with E-state index in [1.807, 2.05) is 10.7 Å². The number of hydrogen-bond acceptors (Lipinski definition) is 2. The molecular weight excluding hydrogens is 126 g/mol. The van der Waals surface area contributed by atoms with E-state index in [2.05, 4.69) is 5.10 Å². The first-order chi connectivity index (χ1) is 6.07. The Balaban J connectivity index is 2.18. The fourth-order valence-electron chi connectivity index (χ4n) is 1.19. The van der Waals surface area contributed by atoms with Crippen LogP contribution in [-0.4, -0.2) is 28.2 Å². The normalized spacial score (nSPS) is 24.6. The third-order valence-electron chi connectivity index (χ3n) is 1.74. The molecule has 3 nitrogen and oxygen atoms in total. The number of likely N-dealkylation sites (N-methyl/N-ethyl adjacent to an activating group) is 1. The predicted octanol–water partition coefficient (Wildman–Crippen LogP) is 0.329. The van der Waals surface area contributed by atoms with Gasteiger partial charge >= 0.3 is 0 Å². The van der Waals surface area contributed by atoms with Gasteiger partial charge in [0.1, 0.15) is 0 Å². The summed E-state index contributed by atoms with van der Waals surface area (Å²) < 4.78 is 23.6. The van der Waals surface area contributed by atoms with Crippen LogP contribution < -0.4 is 0 Å². The highest BCUT2D eigenvalue weighted by Crippen LogP contribution is 2.07. The van der Waals surface area contributed by atoms with Crippen molar-refractivity contribution in [3.05, 3.63) is 18.0 Å². The lowest BCUT2D eigenvalue weighted by Crippen LogP contribution is -2.30. The molecule has 1 aliphatic heterocycles. The van der Waals surface area contributed by atoms with Crippen molar-refractivity contribution in [2.45, 2.75) is 13.1 Å². The van der Waals surface area contributed by atoms with E-state index in [4.69, 9.17) is 4.11 Å². The van der Waals surface area contributed by atoms with Gasteiger partial charge in [0.15, 0.2) is 0 Å². The molecule has 0 fully saturated rings. The molecule has 0 radical (unpaired) electrons. The van der Waals surface area contributed by atoms with Crippen molar-refractivity contribution in [2.24, 2.45) is 0 Å². The molecule has 0 bridgehead atoms. The highest BCUT2D eigenvalue weighted by molar-refractivity contribution is 5.01. The van der Waals surface area contributed by atoms with Crippen LogP contribution in [0.15, 0.2) is 12.3 Å². The Labute approximate surface area is 64.5 Å². The van der Waals surface area contributed by atoms with Crippen LogP contribution in [0.3, 0.4) is 0 Å². The Morgan fingerprint density at radius 1 is 1.70 bits per heavy atom. The molecule has 1 aliphatic rings. The molecule has 54 valence electrons. The molecule has 0 aromatic carbocycles. The van der Waals surface area contributed by atoms with Crippen LogP contribution in [0.1, 0.15) is 9.81 Å². The fraction of sp³-hybridized carbons (Fsp3) is 0.571. The second-order valence-corrected chi connectivity index (χ2v) is 2.47. The molecule has 2 rings (SSSR count). The monoisotopic (exact) mass is 140 g/mol. The predicted molar refractivity (Wildman–Crippen MR) is 38.6 cm³/mol. The van der Waals surface area contributed by atoms with Crippen LogP contribution in [0.4, 0.5) is 0 Å². The Kier molecular flexibility index (Phi) is 0.738. The lowest BCUT2D eigenvalue weighted by Gasteiger charge is -2.22. The highest BCUT2D eigenvalue weighted by Gasteiger charge is 2.11. The number of aromatic nitrogens is 2. The minimum atomic E-state index is -1.98. The molecule has 0 aliphatic carbocycles. The Hall–Kier alpha value is -0.830. The van der Waals surface area contributed by atoms with Crippen LogP contribution in [0.2, 0.25) is 0 Å². The number of nitrogens with zero attached hydrogens (tertiary/aromatic N) is 3. The van der Waals surface area contributed by atoms with E-state index < -0.39 is 6.98 Å². The van der Waals surface area contributed by atoms with Gasteiger partial charge < -0.3 is 0 Å². The van der Waals surface area contributed by atoms with Gasteiger partial charge in [-0.05, 0) is 13.0 Å². The average Bonchev–Trinajstić information content (AvgIpc) is 2.47. The van der Waals surface area contributed by atoms with E-state index in [0.717, 1.165) is 5.69 Å². The molecule has 0 unspecified atom stereocenters. The number of rotatable bonds is 0. The van der Waals surface area contributed by atoms with Gasteiger partial charge in [0.25, 0.3) is 0 Å². The largest absolute Gasteiger partial charge is 0.299 e. The van der Waals surface area contributed by atoms with Crippen molar-refractivity contribution in [3.8, 4) is 0 Å². The Morgan fingerprint density at radius 2 is 2.70 bits per heavy atom. The Morgan fingerprint density at radius 3 is 3.60 bits per heavy atom. The molecule has 0 N–H and O–H groups in total. The molecule has 0 amide bonds. The topological polar surface area (TPSA) is 21.1 Å². The molecule has 0 saturated carbocycles. The van der Waals surface area contributed by atoms with E-state index >= 15 is 0 Å². The van der Waals surface area contributed by atoms with Crippen LogP contribution in [-0.2, 0) is 13.1 Å².